The highest BCUT2D eigenvalue weighted by Crippen LogP contribution is 2.39. The zero-order chi connectivity index (χ0) is 25.6. The number of methoxy groups -OCH3 is 1. The van der Waals surface area contributed by atoms with Gasteiger partial charge in [-0.1, -0.05) is 0 Å². The van der Waals surface area contributed by atoms with E-state index in [-0.39, 0.29) is 28.0 Å². The average Bonchev–Trinajstić information content (AvgIpc) is 2.81. The van der Waals surface area contributed by atoms with Crippen LogP contribution in [0.15, 0.2) is 39.5 Å². The molecule has 35 heavy (non-hydrogen) atoms. The number of carboxylic acids is 1. The van der Waals surface area contributed by atoms with E-state index in [4.69, 9.17) is 18.6 Å². The van der Waals surface area contributed by atoms with E-state index in [2.05, 4.69) is 0 Å². The normalized spacial score (nSPS) is 24.3. The van der Waals surface area contributed by atoms with Crippen LogP contribution in [0, 0.1) is 0 Å². The second kappa shape index (κ2) is 8.96. The standard InChI is InChI=1S/C22H20O13/c1-32-8-5-11(25)13-12(6-8)33-18(7-2-3-9(23)10(24)4-7)19(14(13)26)34-22-17(29)15(27)16(28)20(35-22)21(30)31/h2-6,15-17,20,22-25,27-29H,1H3,(H,30,31)/t15-,16-,17+,20-,22+/m0/s1. The molecule has 0 saturated carbocycles. The molecule has 1 saturated heterocycles. The molecule has 2 heterocycles. The molecule has 13 nitrogen and oxygen atoms in total. The van der Waals surface area contributed by atoms with Crippen LogP contribution in [-0.4, -0.2) is 79.5 Å². The summed E-state index contributed by atoms with van der Waals surface area (Å²) in [6.45, 7) is 0. The molecule has 4 rings (SSSR count). The number of rotatable bonds is 5. The van der Waals surface area contributed by atoms with Gasteiger partial charge in [0.1, 0.15) is 40.8 Å². The Morgan fingerprint density at radius 2 is 1.66 bits per heavy atom. The summed E-state index contributed by atoms with van der Waals surface area (Å²) in [7, 11) is 1.31. The Hall–Kier alpha value is -4.04. The number of ether oxygens (including phenoxy) is 3. The van der Waals surface area contributed by atoms with E-state index in [0.29, 0.717) is 0 Å². The van der Waals surface area contributed by atoms with Gasteiger partial charge in [-0.3, -0.25) is 4.79 Å². The van der Waals surface area contributed by atoms with Crippen molar-refractivity contribution in [2.45, 2.75) is 30.7 Å². The Bertz CT molecular complexity index is 1350. The first-order chi connectivity index (χ1) is 16.5. The van der Waals surface area contributed by atoms with E-state index in [1.54, 1.807) is 0 Å². The van der Waals surface area contributed by atoms with Crippen molar-refractivity contribution in [2.75, 3.05) is 7.11 Å². The third-order valence-corrected chi connectivity index (χ3v) is 5.43. The lowest BCUT2D eigenvalue weighted by Crippen LogP contribution is -2.61. The van der Waals surface area contributed by atoms with Gasteiger partial charge in [-0.05, 0) is 18.2 Å². The van der Waals surface area contributed by atoms with Crippen molar-refractivity contribution in [1.29, 1.82) is 0 Å². The molecule has 1 aliphatic heterocycles. The number of aliphatic carboxylic acids is 1. The molecule has 3 aromatic rings. The molecule has 0 unspecified atom stereocenters. The molecule has 7 N–H and O–H groups in total. The number of hydrogen-bond acceptors (Lipinski definition) is 12. The lowest BCUT2D eigenvalue weighted by molar-refractivity contribution is -0.271. The van der Waals surface area contributed by atoms with Gasteiger partial charge in [-0.25, -0.2) is 4.79 Å². The summed E-state index contributed by atoms with van der Waals surface area (Å²) in [5.74, 6) is -4.21. The quantitative estimate of drug-likeness (QED) is 0.231. The number of aliphatic hydroxyl groups excluding tert-OH is 3. The van der Waals surface area contributed by atoms with E-state index in [1.165, 1.54) is 19.2 Å². The lowest BCUT2D eigenvalue weighted by Gasteiger charge is -2.38. The zero-order valence-corrected chi connectivity index (χ0v) is 17.9. The van der Waals surface area contributed by atoms with Crippen molar-refractivity contribution in [2.24, 2.45) is 0 Å². The molecule has 13 heteroatoms. The zero-order valence-electron chi connectivity index (χ0n) is 17.9. The maximum Gasteiger partial charge on any atom is 0.335 e. The van der Waals surface area contributed by atoms with Crippen molar-refractivity contribution in [1.82, 2.24) is 0 Å². The van der Waals surface area contributed by atoms with Gasteiger partial charge in [-0.15, -0.1) is 0 Å². The van der Waals surface area contributed by atoms with Crippen molar-refractivity contribution in [3.05, 3.63) is 40.6 Å². The highest BCUT2D eigenvalue weighted by Gasteiger charge is 2.48. The van der Waals surface area contributed by atoms with Crippen molar-refractivity contribution >= 4 is 16.9 Å². The van der Waals surface area contributed by atoms with Gasteiger partial charge in [-0.2, -0.15) is 0 Å². The first-order valence-corrected chi connectivity index (χ1v) is 10.0. The average molecular weight is 492 g/mol. The Kier molecular flexibility index (Phi) is 6.17. The highest BCUT2D eigenvalue weighted by molar-refractivity contribution is 5.88. The molecular weight excluding hydrogens is 472 g/mol. The lowest BCUT2D eigenvalue weighted by atomic mass is 9.99. The van der Waals surface area contributed by atoms with E-state index >= 15 is 0 Å². The van der Waals surface area contributed by atoms with Crippen molar-refractivity contribution in [3.63, 3.8) is 0 Å². The Balaban J connectivity index is 1.92. The van der Waals surface area contributed by atoms with Crippen LogP contribution >= 0.6 is 0 Å². The number of phenols is 3. The van der Waals surface area contributed by atoms with E-state index < -0.39 is 65.1 Å². The van der Waals surface area contributed by atoms with E-state index in [9.17, 15) is 45.3 Å². The largest absolute Gasteiger partial charge is 0.507 e. The topological polar surface area (TPSA) is 217 Å². The Morgan fingerprint density at radius 1 is 0.943 bits per heavy atom. The van der Waals surface area contributed by atoms with Crippen LogP contribution in [0.2, 0.25) is 0 Å². The summed E-state index contributed by atoms with van der Waals surface area (Å²) in [6, 6.07) is 5.79. The van der Waals surface area contributed by atoms with Gasteiger partial charge in [0, 0.05) is 17.7 Å². The third kappa shape index (κ3) is 4.17. The van der Waals surface area contributed by atoms with Gasteiger partial charge in [0.2, 0.25) is 17.5 Å². The molecule has 0 aliphatic carbocycles. The summed E-state index contributed by atoms with van der Waals surface area (Å²) in [4.78, 5) is 24.8. The van der Waals surface area contributed by atoms with Gasteiger partial charge >= 0.3 is 5.97 Å². The summed E-state index contributed by atoms with van der Waals surface area (Å²) >= 11 is 0. The van der Waals surface area contributed by atoms with Gasteiger partial charge < -0.3 is 54.4 Å². The summed E-state index contributed by atoms with van der Waals surface area (Å²) in [5.41, 5.74) is -1.15. The minimum atomic E-state index is -2.01. The molecule has 1 aliphatic rings. The van der Waals surface area contributed by atoms with Crippen LogP contribution in [0.3, 0.4) is 0 Å². The molecule has 2 aromatic carbocycles. The molecule has 0 bridgehead atoms. The second-order valence-corrected chi connectivity index (χ2v) is 7.67. The fourth-order valence-corrected chi connectivity index (χ4v) is 3.60. The minimum absolute atomic E-state index is 0.00252. The minimum Gasteiger partial charge on any atom is -0.507 e. The molecule has 0 radical (unpaired) electrons. The smallest absolute Gasteiger partial charge is 0.335 e. The third-order valence-electron chi connectivity index (χ3n) is 5.43. The summed E-state index contributed by atoms with van der Waals surface area (Å²) in [5, 5.41) is 69.1. The number of phenolic OH excluding ortho intramolecular Hbond substituents is 3. The fraction of sp³-hybridized carbons (Fsp3) is 0.273. The van der Waals surface area contributed by atoms with Gasteiger partial charge in [0.05, 0.1) is 7.11 Å². The number of hydrogen-bond donors (Lipinski definition) is 7. The second-order valence-electron chi connectivity index (χ2n) is 7.67. The van der Waals surface area contributed by atoms with Crippen molar-refractivity contribution in [3.8, 4) is 40.1 Å². The molecule has 0 amide bonds. The van der Waals surface area contributed by atoms with E-state index in [1.807, 2.05) is 0 Å². The van der Waals surface area contributed by atoms with Crippen LogP contribution in [0.1, 0.15) is 0 Å². The first-order valence-electron chi connectivity index (χ1n) is 10.0. The first kappa shape index (κ1) is 24.1. The number of fused-ring (bicyclic) bond motifs is 1. The summed E-state index contributed by atoms with van der Waals surface area (Å²) < 4.78 is 21.4. The van der Waals surface area contributed by atoms with Crippen LogP contribution in [0.4, 0.5) is 0 Å². The molecule has 5 atom stereocenters. The number of aliphatic hydroxyl groups is 3. The number of aromatic hydroxyl groups is 3. The van der Waals surface area contributed by atoms with Crippen molar-refractivity contribution < 1.29 is 59.2 Å². The molecule has 186 valence electrons. The van der Waals surface area contributed by atoms with E-state index in [0.717, 1.165) is 18.2 Å². The van der Waals surface area contributed by atoms with Crippen LogP contribution in [0.25, 0.3) is 22.3 Å². The number of carboxylic acid groups (broad SMARTS) is 1. The monoisotopic (exact) mass is 492 g/mol. The van der Waals surface area contributed by atoms with Crippen LogP contribution < -0.4 is 14.9 Å². The van der Waals surface area contributed by atoms with Gasteiger partial charge in [0.15, 0.2) is 23.4 Å². The maximum atomic E-state index is 13.4. The maximum absolute atomic E-state index is 13.4. The predicted molar refractivity (Wildman–Crippen MR) is 114 cm³/mol. The highest BCUT2D eigenvalue weighted by atomic mass is 16.7. The van der Waals surface area contributed by atoms with Crippen LogP contribution in [0.5, 0.6) is 28.7 Å². The fourth-order valence-electron chi connectivity index (χ4n) is 3.60. The van der Waals surface area contributed by atoms with Gasteiger partial charge in [0.25, 0.3) is 0 Å². The molecule has 0 spiro atoms. The Labute approximate surface area is 195 Å². The Morgan fingerprint density at radius 3 is 2.29 bits per heavy atom. The number of carbonyl (C=O) groups is 1. The molecular formula is C22H20O13. The molecule has 1 fully saturated rings. The predicted octanol–water partition coefficient (Wildman–Crippen LogP) is -0.144. The number of benzene rings is 2. The SMILES string of the molecule is COc1cc(O)c2c(=O)c(O[C@@H]3O[C@H](C(=O)O)[C@@H](O)[C@H](O)[C@H]3O)c(-c3ccc(O)c(O)c3)oc2c1. The van der Waals surface area contributed by atoms with Crippen LogP contribution in [-0.2, 0) is 9.53 Å². The summed E-state index contributed by atoms with van der Waals surface area (Å²) in [6.07, 6.45) is -9.99. The molecule has 1 aromatic heterocycles.